The highest BCUT2D eigenvalue weighted by atomic mass is 15.1. The van der Waals surface area contributed by atoms with Gasteiger partial charge in [0.15, 0.2) is 34.9 Å². The first-order valence-corrected chi connectivity index (χ1v) is 21.5. The summed E-state index contributed by atoms with van der Waals surface area (Å²) in [7, 11) is 0. The quantitative estimate of drug-likeness (QED) is 0.159. The van der Waals surface area contributed by atoms with Crippen molar-refractivity contribution in [2.45, 2.75) is 19.3 Å². The highest BCUT2D eigenvalue weighted by Crippen LogP contribution is 2.51. The number of fused-ring (bicyclic) bond motifs is 6. The second-order valence-electron chi connectivity index (χ2n) is 16.7. The molecule has 0 bridgehead atoms. The van der Waals surface area contributed by atoms with Gasteiger partial charge in [-0.1, -0.05) is 178 Å². The summed E-state index contributed by atoms with van der Waals surface area (Å²) in [6, 6.07) is 69.1. The summed E-state index contributed by atoms with van der Waals surface area (Å²) in [5, 5.41) is 2.35. The Kier molecular flexibility index (Phi) is 8.69. The molecule has 0 N–H and O–H groups in total. The number of benzene rings is 8. The van der Waals surface area contributed by atoms with Crippen molar-refractivity contribution < 1.29 is 0 Å². The van der Waals surface area contributed by atoms with Crippen molar-refractivity contribution in [1.29, 1.82) is 0 Å². The first-order valence-electron chi connectivity index (χ1n) is 21.5. The Hall–Kier alpha value is -8.42. The Morgan fingerprint density at radius 1 is 0.312 bits per heavy atom. The van der Waals surface area contributed by atoms with Crippen LogP contribution in [0.15, 0.2) is 200 Å². The fraction of sp³-hybridized carbons (Fsp3) is 0.0526. The van der Waals surface area contributed by atoms with Gasteiger partial charge < -0.3 is 4.57 Å². The molecule has 0 unspecified atom stereocenters. The maximum Gasteiger partial charge on any atom is 0.166 e. The Bertz CT molecular complexity index is 3450. The van der Waals surface area contributed by atoms with Crippen molar-refractivity contribution in [3.05, 3.63) is 211 Å². The van der Waals surface area contributed by atoms with E-state index in [2.05, 4.69) is 97.3 Å². The van der Waals surface area contributed by atoms with Crippen LogP contribution in [0.3, 0.4) is 0 Å². The molecule has 7 heteroatoms. The third kappa shape index (κ3) is 6.20. The molecule has 64 heavy (non-hydrogen) atoms. The van der Waals surface area contributed by atoms with Crippen LogP contribution in [-0.4, -0.2) is 34.5 Å². The normalized spacial score (nSPS) is 12.7. The van der Waals surface area contributed by atoms with Crippen LogP contribution in [0.25, 0.3) is 107 Å². The van der Waals surface area contributed by atoms with Crippen molar-refractivity contribution >= 4 is 21.8 Å². The first-order chi connectivity index (χ1) is 31.5. The zero-order valence-electron chi connectivity index (χ0n) is 35.2. The Morgan fingerprint density at radius 3 is 1.31 bits per heavy atom. The molecule has 0 fully saturated rings. The van der Waals surface area contributed by atoms with Crippen LogP contribution in [0.2, 0.25) is 0 Å². The van der Waals surface area contributed by atoms with Gasteiger partial charge in [0.05, 0.1) is 16.7 Å². The Balaban J connectivity index is 1.16. The molecular weight excluding hydrogens is 783 g/mol. The Morgan fingerprint density at radius 2 is 0.766 bits per heavy atom. The molecule has 0 amide bonds. The van der Waals surface area contributed by atoms with E-state index in [1.807, 2.05) is 121 Å². The lowest BCUT2D eigenvalue weighted by atomic mass is 9.82. The van der Waals surface area contributed by atoms with Gasteiger partial charge in [-0.15, -0.1) is 0 Å². The maximum atomic E-state index is 5.31. The van der Waals surface area contributed by atoms with E-state index in [9.17, 15) is 0 Å². The lowest BCUT2D eigenvalue weighted by Gasteiger charge is -2.22. The zero-order chi connectivity index (χ0) is 42.8. The second kappa shape index (κ2) is 14.9. The molecule has 7 nitrogen and oxygen atoms in total. The van der Waals surface area contributed by atoms with Crippen LogP contribution in [0, 0.1) is 0 Å². The molecule has 12 rings (SSSR count). The number of nitrogens with zero attached hydrogens (tertiary/aromatic N) is 7. The van der Waals surface area contributed by atoms with E-state index in [0.29, 0.717) is 34.9 Å². The van der Waals surface area contributed by atoms with E-state index in [1.165, 1.54) is 33.0 Å². The minimum absolute atomic E-state index is 0.191. The number of hydrogen-bond acceptors (Lipinski definition) is 6. The molecule has 3 aromatic heterocycles. The van der Waals surface area contributed by atoms with Crippen LogP contribution in [0.1, 0.15) is 25.0 Å². The lowest BCUT2D eigenvalue weighted by Crippen LogP contribution is -2.15. The molecule has 1 aliphatic carbocycles. The van der Waals surface area contributed by atoms with Gasteiger partial charge in [-0.05, 0) is 58.7 Å². The number of hydrogen-bond donors (Lipinski definition) is 0. The number of aromatic nitrogens is 7. The standard InChI is InChI=1S/C57H39N7/c1-57(2)46-29-17-15-27-41(46)43-34-44-42-28-16-18-30-48(42)64(50(44)35-47(43)57)49-32-31-40(55-60-51(36-19-7-3-8-20-36)58-52(61-55)37-21-9-4-10-22-37)33-45(49)56-62-53(38-23-11-5-12-24-38)59-54(63-56)39-25-13-6-14-26-39/h3-35H,1-2H3. The molecule has 0 aliphatic heterocycles. The summed E-state index contributed by atoms with van der Waals surface area (Å²) in [6.07, 6.45) is 0. The lowest BCUT2D eigenvalue weighted by molar-refractivity contribution is 0.661. The van der Waals surface area contributed by atoms with Crippen LogP contribution >= 0.6 is 0 Å². The average Bonchev–Trinajstić information content (AvgIpc) is 3.81. The molecule has 8 aromatic carbocycles. The van der Waals surface area contributed by atoms with E-state index in [-0.39, 0.29) is 5.41 Å². The molecule has 0 radical (unpaired) electrons. The second-order valence-corrected chi connectivity index (χ2v) is 16.7. The summed E-state index contributed by atoms with van der Waals surface area (Å²) >= 11 is 0. The molecule has 3 heterocycles. The molecule has 302 valence electrons. The summed E-state index contributed by atoms with van der Waals surface area (Å²) in [5.41, 5.74) is 13.3. The molecule has 0 saturated carbocycles. The SMILES string of the molecule is CC1(C)c2ccccc2-c2cc3c4ccccc4n(-c4ccc(-c5nc(-c6ccccc6)nc(-c6ccccc6)n5)cc4-c4nc(-c5ccccc5)nc(-c5ccccc5)n4)c3cc21. The summed E-state index contributed by atoms with van der Waals surface area (Å²) < 4.78 is 2.38. The summed E-state index contributed by atoms with van der Waals surface area (Å²) in [6.45, 7) is 4.67. The maximum absolute atomic E-state index is 5.31. The smallest absolute Gasteiger partial charge is 0.166 e. The predicted molar refractivity (Wildman–Crippen MR) is 258 cm³/mol. The van der Waals surface area contributed by atoms with Crippen LogP contribution in [-0.2, 0) is 5.41 Å². The molecular formula is C57H39N7. The minimum atomic E-state index is -0.191. The third-order valence-corrected chi connectivity index (χ3v) is 12.5. The van der Waals surface area contributed by atoms with Gasteiger partial charge in [0, 0.05) is 49.6 Å². The van der Waals surface area contributed by atoms with Crippen molar-refractivity contribution in [1.82, 2.24) is 34.5 Å². The molecule has 0 spiro atoms. The Labute approximate surface area is 370 Å². The van der Waals surface area contributed by atoms with Gasteiger partial charge in [0.1, 0.15) is 0 Å². The van der Waals surface area contributed by atoms with Gasteiger partial charge in [-0.3, -0.25) is 0 Å². The van der Waals surface area contributed by atoms with E-state index >= 15 is 0 Å². The van der Waals surface area contributed by atoms with Gasteiger partial charge in [-0.25, -0.2) is 29.9 Å². The van der Waals surface area contributed by atoms with Crippen LogP contribution in [0.4, 0.5) is 0 Å². The highest BCUT2D eigenvalue weighted by Gasteiger charge is 2.36. The fourth-order valence-electron chi connectivity index (χ4n) is 9.34. The van der Waals surface area contributed by atoms with E-state index in [1.54, 1.807) is 0 Å². The van der Waals surface area contributed by atoms with Gasteiger partial charge in [-0.2, -0.15) is 0 Å². The van der Waals surface area contributed by atoms with Gasteiger partial charge in [0.2, 0.25) is 0 Å². The average molecular weight is 822 g/mol. The fourth-order valence-corrected chi connectivity index (χ4v) is 9.34. The predicted octanol–water partition coefficient (Wildman–Crippen LogP) is 13.5. The van der Waals surface area contributed by atoms with Crippen LogP contribution < -0.4 is 0 Å². The molecule has 0 saturated heterocycles. The van der Waals surface area contributed by atoms with E-state index in [0.717, 1.165) is 50.1 Å². The summed E-state index contributed by atoms with van der Waals surface area (Å²) in [5.74, 6) is 3.42. The first kappa shape index (κ1) is 37.4. The van der Waals surface area contributed by atoms with Crippen LogP contribution in [0.5, 0.6) is 0 Å². The van der Waals surface area contributed by atoms with Crippen molar-refractivity contribution in [3.8, 4) is 85.1 Å². The van der Waals surface area contributed by atoms with E-state index < -0.39 is 0 Å². The third-order valence-electron chi connectivity index (χ3n) is 12.5. The monoisotopic (exact) mass is 821 g/mol. The largest absolute Gasteiger partial charge is 0.308 e. The van der Waals surface area contributed by atoms with Crippen molar-refractivity contribution in [2.24, 2.45) is 0 Å². The zero-order valence-corrected chi connectivity index (χ0v) is 35.2. The number of para-hydroxylation sites is 1. The van der Waals surface area contributed by atoms with Crippen molar-refractivity contribution in [3.63, 3.8) is 0 Å². The molecule has 1 aliphatic rings. The minimum Gasteiger partial charge on any atom is -0.308 e. The summed E-state index contributed by atoms with van der Waals surface area (Å²) in [4.78, 5) is 31.0. The topological polar surface area (TPSA) is 82.3 Å². The number of rotatable bonds is 7. The van der Waals surface area contributed by atoms with E-state index in [4.69, 9.17) is 29.9 Å². The molecule has 11 aromatic rings. The molecule has 0 atom stereocenters. The van der Waals surface area contributed by atoms with Crippen molar-refractivity contribution in [2.75, 3.05) is 0 Å². The van der Waals surface area contributed by atoms with Gasteiger partial charge in [0.25, 0.3) is 0 Å². The van der Waals surface area contributed by atoms with Gasteiger partial charge >= 0.3 is 0 Å². The highest BCUT2D eigenvalue weighted by molar-refractivity contribution is 6.12.